The van der Waals surface area contributed by atoms with Gasteiger partial charge in [-0.3, -0.25) is 4.79 Å². The molecule has 7 nitrogen and oxygen atoms in total. The van der Waals surface area contributed by atoms with Crippen LogP contribution in [0.3, 0.4) is 0 Å². The molecule has 0 spiro atoms. The summed E-state index contributed by atoms with van der Waals surface area (Å²) in [5, 5.41) is 3.30. The summed E-state index contributed by atoms with van der Waals surface area (Å²) in [7, 11) is 5.15. The first-order valence-electron chi connectivity index (χ1n) is 8.38. The zero-order valence-electron chi connectivity index (χ0n) is 15.9. The van der Waals surface area contributed by atoms with E-state index in [0.29, 0.717) is 25.7 Å². The maximum atomic E-state index is 11.8. The van der Waals surface area contributed by atoms with E-state index in [1.165, 1.54) is 0 Å². The van der Waals surface area contributed by atoms with E-state index in [2.05, 4.69) is 21.8 Å². The molecule has 1 heterocycles. The second-order valence-corrected chi connectivity index (χ2v) is 6.41. The molecule has 1 N–H and O–H groups in total. The Morgan fingerprint density at radius 1 is 1.40 bits per heavy atom. The lowest BCUT2D eigenvalue weighted by Crippen LogP contribution is -2.41. The minimum atomic E-state index is -0.0109. The summed E-state index contributed by atoms with van der Waals surface area (Å²) >= 11 is 0. The largest absolute Gasteiger partial charge is 0.382 e. The van der Waals surface area contributed by atoms with Gasteiger partial charge in [-0.05, 0) is 13.3 Å². The fraction of sp³-hybridized carbons (Fsp3) is 0.765. The van der Waals surface area contributed by atoms with E-state index < -0.39 is 0 Å². The number of carbonyl (C=O) groups excluding carboxylic acids is 1. The van der Waals surface area contributed by atoms with Gasteiger partial charge < -0.3 is 24.6 Å². The summed E-state index contributed by atoms with van der Waals surface area (Å²) in [4.78, 5) is 20.0. The van der Waals surface area contributed by atoms with Gasteiger partial charge in [0, 0.05) is 46.8 Å². The molecule has 1 unspecified atom stereocenters. The molecule has 1 rings (SSSR count). The minimum absolute atomic E-state index is 0. The highest BCUT2D eigenvalue weighted by molar-refractivity contribution is 14.0. The van der Waals surface area contributed by atoms with Crippen LogP contribution in [0.4, 0.5) is 0 Å². The van der Waals surface area contributed by atoms with Crippen molar-refractivity contribution in [2.24, 2.45) is 10.9 Å². The lowest BCUT2D eigenvalue weighted by atomic mass is 10.1. The zero-order valence-corrected chi connectivity index (χ0v) is 18.2. The van der Waals surface area contributed by atoms with Gasteiger partial charge in [0.2, 0.25) is 5.91 Å². The van der Waals surface area contributed by atoms with Crippen LogP contribution in [0, 0.1) is 5.92 Å². The van der Waals surface area contributed by atoms with Crippen LogP contribution in [-0.2, 0) is 14.3 Å². The SMILES string of the molecule is C=C(C)CNC(=NCC(=O)N(C)C)N1CCC(COCCOC)C1.I. The number of amides is 1. The molecule has 0 aromatic rings. The first kappa shape index (κ1) is 24.1. The molecule has 146 valence electrons. The van der Waals surface area contributed by atoms with Gasteiger partial charge in [-0.1, -0.05) is 12.2 Å². The quantitative estimate of drug-likeness (QED) is 0.181. The van der Waals surface area contributed by atoms with E-state index in [-0.39, 0.29) is 36.4 Å². The number of rotatable bonds is 9. The number of hydrogen-bond acceptors (Lipinski definition) is 4. The first-order valence-corrected chi connectivity index (χ1v) is 8.38. The number of nitrogens with zero attached hydrogens (tertiary/aromatic N) is 3. The third-order valence-electron chi connectivity index (χ3n) is 3.78. The molecule has 0 aliphatic carbocycles. The highest BCUT2D eigenvalue weighted by atomic mass is 127. The molecule has 0 radical (unpaired) electrons. The predicted octanol–water partition coefficient (Wildman–Crippen LogP) is 1.20. The van der Waals surface area contributed by atoms with Crippen molar-refractivity contribution in [2.45, 2.75) is 13.3 Å². The van der Waals surface area contributed by atoms with Crippen LogP contribution >= 0.6 is 24.0 Å². The number of ether oxygens (including phenoxy) is 2. The number of guanidine groups is 1. The number of likely N-dealkylation sites (tertiary alicyclic amines) is 1. The molecular formula is C17H33IN4O3. The second kappa shape index (κ2) is 13.3. The summed E-state index contributed by atoms with van der Waals surface area (Å²) in [5.74, 6) is 1.24. The summed E-state index contributed by atoms with van der Waals surface area (Å²) in [6.07, 6.45) is 1.06. The van der Waals surface area contributed by atoms with Crippen LogP contribution in [-0.4, -0.2) is 88.9 Å². The van der Waals surface area contributed by atoms with Crippen LogP contribution in [0.5, 0.6) is 0 Å². The molecule has 0 aromatic carbocycles. The molecule has 1 amide bonds. The van der Waals surface area contributed by atoms with Gasteiger partial charge in [-0.25, -0.2) is 4.99 Å². The average molecular weight is 468 g/mol. The van der Waals surface area contributed by atoms with E-state index in [1.807, 2.05) is 6.92 Å². The standard InChI is InChI=1S/C17H32N4O3.HI/c1-14(2)10-18-17(19-11-16(22)20(3)4)21-7-6-15(12-21)13-24-9-8-23-5;/h15H,1,6-13H2,2-5H3,(H,18,19);1H. The van der Waals surface area contributed by atoms with Crippen molar-refractivity contribution < 1.29 is 14.3 Å². The highest BCUT2D eigenvalue weighted by Crippen LogP contribution is 2.16. The molecule has 0 aromatic heterocycles. The molecule has 1 saturated heterocycles. The van der Waals surface area contributed by atoms with Crippen LogP contribution in [0.15, 0.2) is 17.1 Å². The molecule has 1 fully saturated rings. The van der Waals surface area contributed by atoms with Crippen molar-refractivity contribution in [3.8, 4) is 0 Å². The Bertz CT molecular complexity index is 444. The number of carbonyl (C=O) groups is 1. The number of halogens is 1. The Balaban J connectivity index is 0.00000576. The van der Waals surface area contributed by atoms with Gasteiger partial charge in [0.05, 0.1) is 19.8 Å². The van der Waals surface area contributed by atoms with Crippen LogP contribution in [0.2, 0.25) is 0 Å². The number of aliphatic imine (C=N–C) groups is 1. The Kier molecular flexibility index (Phi) is 12.9. The predicted molar refractivity (Wildman–Crippen MR) is 112 cm³/mol. The fourth-order valence-electron chi connectivity index (χ4n) is 2.33. The van der Waals surface area contributed by atoms with Crippen LogP contribution in [0.1, 0.15) is 13.3 Å². The third kappa shape index (κ3) is 10.0. The van der Waals surface area contributed by atoms with Crippen molar-refractivity contribution in [3.05, 3.63) is 12.2 Å². The molecule has 0 bridgehead atoms. The number of likely N-dealkylation sites (N-methyl/N-ethyl adjacent to an activating group) is 1. The summed E-state index contributed by atoms with van der Waals surface area (Å²) < 4.78 is 10.6. The normalized spacial score (nSPS) is 17.2. The molecule has 0 saturated carbocycles. The van der Waals surface area contributed by atoms with Gasteiger partial charge in [0.1, 0.15) is 6.54 Å². The van der Waals surface area contributed by atoms with Gasteiger partial charge in [-0.2, -0.15) is 0 Å². The van der Waals surface area contributed by atoms with Crippen LogP contribution < -0.4 is 5.32 Å². The molecule has 1 aliphatic rings. The maximum Gasteiger partial charge on any atom is 0.243 e. The summed E-state index contributed by atoms with van der Waals surface area (Å²) in [6.45, 7) is 10.4. The van der Waals surface area contributed by atoms with Gasteiger partial charge in [0.15, 0.2) is 5.96 Å². The molecule has 25 heavy (non-hydrogen) atoms. The summed E-state index contributed by atoms with van der Waals surface area (Å²) in [5.41, 5.74) is 1.03. The van der Waals surface area contributed by atoms with Crippen molar-refractivity contribution in [1.82, 2.24) is 15.1 Å². The lowest BCUT2D eigenvalue weighted by Gasteiger charge is -2.22. The smallest absolute Gasteiger partial charge is 0.243 e. The Hall–Kier alpha value is -0.870. The van der Waals surface area contributed by atoms with Gasteiger partial charge >= 0.3 is 0 Å². The van der Waals surface area contributed by atoms with E-state index in [0.717, 1.165) is 37.6 Å². The van der Waals surface area contributed by atoms with Gasteiger partial charge in [0.25, 0.3) is 0 Å². The molecule has 1 aliphatic heterocycles. The zero-order chi connectivity index (χ0) is 17.9. The van der Waals surface area contributed by atoms with Crippen LogP contribution in [0.25, 0.3) is 0 Å². The molecule has 1 atom stereocenters. The van der Waals surface area contributed by atoms with E-state index in [4.69, 9.17) is 9.47 Å². The number of methoxy groups -OCH3 is 1. The van der Waals surface area contributed by atoms with Gasteiger partial charge in [-0.15, -0.1) is 24.0 Å². The van der Waals surface area contributed by atoms with E-state index in [9.17, 15) is 4.79 Å². The number of nitrogens with one attached hydrogen (secondary N) is 1. The van der Waals surface area contributed by atoms with Crippen molar-refractivity contribution >= 4 is 35.8 Å². The average Bonchev–Trinajstić information content (AvgIpc) is 2.99. The van der Waals surface area contributed by atoms with E-state index >= 15 is 0 Å². The Morgan fingerprint density at radius 3 is 2.72 bits per heavy atom. The third-order valence-corrected chi connectivity index (χ3v) is 3.78. The maximum absolute atomic E-state index is 11.8. The Morgan fingerprint density at radius 2 is 2.12 bits per heavy atom. The van der Waals surface area contributed by atoms with E-state index in [1.54, 1.807) is 26.1 Å². The fourth-order valence-corrected chi connectivity index (χ4v) is 2.33. The van der Waals surface area contributed by atoms with Crippen molar-refractivity contribution in [1.29, 1.82) is 0 Å². The summed E-state index contributed by atoms with van der Waals surface area (Å²) in [6, 6.07) is 0. The first-order chi connectivity index (χ1) is 11.4. The molecule has 8 heteroatoms. The number of hydrogen-bond donors (Lipinski definition) is 1. The second-order valence-electron chi connectivity index (χ2n) is 6.41. The highest BCUT2D eigenvalue weighted by Gasteiger charge is 2.25. The van der Waals surface area contributed by atoms with Crippen molar-refractivity contribution in [3.63, 3.8) is 0 Å². The lowest BCUT2D eigenvalue weighted by molar-refractivity contribution is -0.127. The monoisotopic (exact) mass is 468 g/mol. The molecular weight excluding hydrogens is 435 g/mol. The Labute approximate surface area is 168 Å². The minimum Gasteiger partial charge on any atom is -0.382 e. The topological polar surface area (TPSA) is 66.4 Å². The van der Waals surface area contributed by atoms with Crippen molar-refractivity contribution in [2.75, 3.05) is 67.2 Å².